The van der Waals surface area contributed by atoms with Crippen LogP contribution in [0.15, 0.2) is 42.5 Å². The minimum absolute atomic E-state index is 0.115. The van der Waals surface area contributed by atoms with E-state index in [-0.39, 0.29) is 25.0 Å². The van der Waals surface area contributed by atoms with Crippen molar-refractivity contribution in [2.45, 2.75) is 39.8 Å². The van der Waals surface area contributed by atoms with Gasteiger partial charge in [0.2, 0.25) is 5.91 Å². The van der Waals surface area contributed by atoms with E-state index in [1.165, 1.54) is 4.90 Å². The van der Waals surface area contributed by atoms with Gasteiger partial charge in [-0.1, -0.05) is 54.4 Å². The molecule has 0 aliphatic rings. The van der Waals surface area contributed by atoms with Crippen LogP contribution in [0.1, 0.15) is 31.4 Å². The lowest BCUT2D eigenvalue weighted by molar-refractivity contribution is -0.142. The van der Waals surface area contributed by atoms with Crippen molar-refractivity contribution in [2.75, 3.05) is 13.2 Å². The average molecular weight is 437 g/mol. The predicted molar refractivity (Wildman–Crippen MR) is 116 cm³/mol. The lowest BCUT2D eigenvalue weighted by atomic mass is 10.1. The van der Waals surface area contributed by atoms with E-state index in [9.17, 15) is 9.59 Å². The molecule has 0 saturated heterocycles. The SMILES string of the molecule is CCNC(=O)[C@H](CC)N(Cc1c(Cl)cccc1Cl)C(=O)COc1ccccc1C. The van der Waals surface area contributed by atoms with Crippen LogP contribution < -0.4 is 10.1 Å². The van der Waals surface area contributed by atoms with Crippen molar-refractivity contribution in [1.29, 1.82) is 0 Å². The number of amides is 2. The highest BCUT2D eigenvalue weighted by Gasteiger charge is 2.29. The maximum atomic E-state index is 13.1. The van der Waals surface area contributed by atoms with Crippen molar-refractivity contribution >= 4 is 35.0 Å². The fourth-order valence-electron chi connectivity index (χ4n) is 3.01. The first-order valence-corrected chi connectivity index (χ1v) is 10.3. The van der Waals surface area contributed by atoms with Crippen molar-refractivity contribution in [1.82, 2.24) is 10.2 Å². The molecule has 0 aliphatic carbocycles. The van der Waals surface area contributed by atoms with Gasteiger partial charge in [0.25, 0.3) is 5.91 Å². The van der Waals surface area contributed by atoms with Gasteiger partial charge in [-0.3, -0.25) is 9.59 Å². The van der Waals surface area contributed by atoms with E-state index in [1.807, 2.05) is 39.0 Å². The van der Waals surface area contributed by atoms with Crippen LogP contribution in [0, 0.1) is 6.92 Å². The largest absolute Gasteiger partial charge is 0.484 e. The number of nitrogens with zero attached hydrogens (tertiary/aromatic N) is 1. The van der Waals surface area contributed by atoms with Gasteiger partial charge in [-0.25, -0.2) is 0 Å². The summed E-state index contributed by atoms with van der Waals surface area (Å²) in [4.78, 5) is 27.2. The molecule has 0 saturated carbocycles. The molecule has 0 unspecified atom stereocenters. The van der Waals surface area contributed by atoms with Crippen LogP contribution in [0.4, 0.5) is 0 Å². The van der Waals surface area contributed by atoms with E-state index in [2.05, 4.69) is 5.32 Å². The Labute approximate surface area is 181 Å². The first kappa shape index (κ1) is 23.0. The molecular formula is C22H26Cl2N2O3. The molecule has 0 aliphatic heterocycles. The van der Waals surface area contributed by atoms with E-state index in [4.69, 9.17) is 27.9 Å². The summed E-state index contributed by atoms with van der Waals surface area (Å²) in [6, 6.07) is 12.0. The summed E-state index contributed by atoms with van der Waals surface area (Å²) in [6.45, 7) is 6.00. The van der Waals surface area contributed by atoms with Crippen LogP contribution in [0.5, 0.6) is 5.75 Å². The Morgan fingerprint density at radius 1 is 1.07 bits per heavy atom. The highest BCUT2D eigenvalue weighted by atomic mass is 35.5. The third-order valence-corrected chi connectivity index (χ3v) is 5.28. The number of likely N-dealkylation sites (N-methyl/N-ethyl adjacent to an activating group) is 1. The Morgan fingerprint density at radius 2 is 1.72 bits per heavy atom. The molecule has 1 N–H and O–H groups in total. The zero-order chi connectivity index (χ0) is 21.4. The monoisotopic (exact) mass is 436 g/mol. The van der Waals surface area contributed by atoms with Gasteiger partial charge in [0.1, 0.15) is 11.8 Å². The molecule has 0 bridgehead atoms. The van der Waals surface area contributed by atoms with Crippen molar-refractivity contribution in [3.05, 3.63) is 63.6 Å². The number of ether oxygens (including phenoxy) is 1. The molecule has 7 heteroatoms. The molecule has 0 heterocycles. The van der Waals surface area contributed by atoms with E-state index in [0.717, 1.165) is 5.56 Å². The second kappa shape index (κ2) is 11.1. The van der Waals surface area contributed by atoms with Crippen LogP contribution >= 0.6 is 23.2 Å². The number of aryl methyl sites for hydroxylation is 1. The number of carbonyl (C=O) groups excluding carboxylic acids is 2. The third kappa shape index (κ3) is 6.12. The molecule has 0 fully saturated rings. The van der Waals surface area contributed by atoms with E-state index in [0.29, 0.717) is 34.3 Å². The van der Waals surface area contributed by atoms with Gasteiger partial charge in [-0.2, -0.15) is 0 Å². The summed E-state index contributed by atoms with van der Waals surface area (Å²) in [5.74, 6) is 0.0902. The van der Waals surface area contributed by atoms with Gasteiger partial charge in [0.05, 0.1) is 0 Å². The van der Waals surface area contributed by atoms with E-state index >= 15 is 0 Å². The maximum Gasteiger partial charge on any atom is 0.261 e. The number of carbonyl (C=O) groups is 2. The second-order valence-electron chi connectivity index (χ2n) is 6.59. The summed E-state index contributed by atoms with van der Waals surface area (Å²) in [5.41, 5.74) is 1.53. The zero-order valence-electron chi connectivity index (χ0n) is 16.9. The van der Waals surface area contributed by atoms with Crippen LogP contribution in [-0.4, -0.2) is 35.9 Å². The predicted octanol–water partition coefficient (Wildman–Crippen LogP) is 4.62. The van der Waals surface area contributed by atoms with E-state index in [1.54, 1.807) is 24.3 Å². The summed E-state index contributed by atoms with van der Waals surface area (Å²) in [5, 5.41) is 3.68. The molecule has 5 nitrogen and oxygen atoms in total. The molecular weight excluding hydrogens is 411 g/mol. The number of rotatable bonds is 9. The van der Waals surface area contributed by atoms with Gasteiger partial charge in [-0.15, -0.1) is 0 Å². The lowest BCUT2D eigenvalue weighted by Crippen LogP contribution is -2.50. The molecule has 0 radical (unpaired) electrons. The molecule has 29 heavy (non-hydrogen) atoms. The Morgan fingerprint density at radius 3 is 2.31 bits per heavy atom. The minimum atomic E-state index is -0.657. The van der Waals surface area contributed by atoms with Gasteiger partial charge >= 0.3 is 0 Å². The zero-order valence-corrected chi connectivity index (χ0v) is 18.4. The molecule has 2 rings (SSSR count). The number of benzene rings is 2. The summed E-state index contributed by atoms with van der Waals surface area (Å²) in [7, 11) is 0. The van der Waals surface area contributed by atoms with Crippen LogP contribution in [0.2, 0.25) is 10.0 Å². The van der Waals surface area contributed by atoms with Crippen molar-refractivity contribution < 1.29 is 14.3 Å². The fraction of sp³-hybridized carbons (Fsp3) is 0.364. The highest BCUT2D eigenvalue weighted by Crippen LogP contribution is 2.27. The number of nitrogens with one attached hydrogen (secondary N) is 1. The number of para-hydroxylation sites is 1. The molecule has 2 amide bonds. The topological polar surface area (TPSA) is 58.6 Å². The average Bonchev–Trinajstić information content (AvgIpc) is 2.69. The van der Waals surface area contributed by atoms with E-state index < -0.39 is 6.04 Å². The first-order chi connectivity index (χ1) is 13.9. The Kier molecular flexibility index (Phi) is 8.80. The van der Waals surface area contributed by atoms with Crippen LogP contribution in [0.25, 0.3) is 0 Å². The summed E-state index contributed by atoms with van der Waals surface area (Å²) >= 11 is 12.6. The molecule has 156 valence electrons. The summed E-state index contributed by atoms with van der Waals surface area (Å²) < 4.78 is 5.72. The molecule has 1 atom stereocenters. The molecule has 0 spiro atoms. The molecule has 2 aromatic carbocycles. The van der Waals surface area contributed by atoms with Crippen molar-refractivity contribution in [3.8, 4) is 5.75 Å². The molecule has 2 aromatic rings. The van der Waals surface area contributed by atoms with Gasteiger partial charge in [0, 0.05) is 28.7 Å². The second-order valence-corrected chi connectivity index (χ2v) is 7.41. The van der Waals surface area contributed by atoms with Crippen LogP contribution in [0.3, 0.4) is 0 Å². The van der Waals surface area contributed by atoms with Crippen molar-refractivity contribution in [2.24, 2.45) is 0 Å². The van der Waals surface area contributed by atoms with Gasteiger partial charge in [0.15, 0.2) is 6.61 Å². The fourth-order valence-corrected chi connectivity index (χ4v) is 3.52. The third-order valence-electron chi connectivity index (χ3n) is 4.57. The Balaban J connectivity index is 2.28. The van der Waals surface area contributed by atoms with Gasteiger partial charge in [-0.05, 0) is 44.0 Å². The summed E-state index contributed by atoms with van der Waals surface area (Å²) in [6.07, 6.45) is 0.448. The Bertz CT molecular complexity index is 837. The standard InChI is InChI=1S/C22H26Cl2N2O3/c1-4-19(22(28)25-5-2)26(13-16-17(23)10-8-11-18(16)24)21(27)14-29-20-12-7-6-9-15(20)3/h6-12,19H,4-5,13-14H2,1-3H3,(H,25,28)/t19-/m0/s1. The smallest absolute Gasteiger partial charge is 0.261 e. The number of halogens is 2. The van der Waals surface area contributed by atoms with Crippen LogP contribution in [-0.2, 0) is 16.1 Å². The highest BCUT2D eigenvalue weighted by molar-refractivity contribution is 6.36. The minimum Gasteiger partial charge on any atom is -0.484 e. The van der Waals surface area contributed by atoms with Crippen molar-refractivity contribution in [3.63, 3.8) is 0 Å². The normalized spacial score (nSPS) is 11.6. The number of hydrogen-bond donors (Lipinski definition) is 1. The number of hydrogen-bond acceptors (Lipinski definition) is 3. The quantitative estimate of drug-likeness (QED) is 0.623. The lowest BCUT2D eigenvalue weighted by Gasteiger charge is -2.31. The van der Waals surface area contributed by atoms with Gasteiger partial charge < -0.3 is 15.0 Å². The first-order valence-electron chi connectivity index (χ1n) is 9.57. The Hall–Kier alpha value is -2.24. The maximum absolute atomic E-state index is 13.1. The molecule has 0 aromatic heterocycles.